The minimum atomic E-state index is 0.810. The molecular formula is C14H18N4. The molecule has 2 aromatic rings. The van der Waals surface area contributed by atoms with Crippen molar-refractivity contribution in [3.8, 4) is 0 Å². The zero-order chi connectivity index (χ0) is 12.7. The molecule has 0 atom stereocenters. The Balaban J connectivity index is 1.99. The Hall–Kier alpha value is -1.97. The molecule has 4 nitrogen and oxygen atoms in total. The van der Waals surface area contributed by atoms with E-state index in [-0.39, 0.29) is 0 Å². The van der Waals surface area contributed by atoms with Crippen LogP contribution in [0.1, 0.15) is 23.7 Å². The highest BCUT2D eigenvalue weighted by atomic mass is 15.4. The second-order valence-corrected chi connectivity index (χ2v) is 4.76. The lowest BCUT2D eigenvalue weighted by molar-refractivity contribution is 0.634. The van der Waals surface area contributed by atoms with Crippen LogP contribution in [-0.4, -0.2) is 9.78 Å². The number of anilines is 2. The molecule has 1 aliphatic rings. The van der Waals surface area contributed by atoms with Crippen LogP contribution in [0.5, 0.6) is 0 Å². The number of hydrogen-bond acceptors (Lipinski definition) is 3. The number of benzene rings is 1. The SMILES string of the molecule is CCn1nc(C)c(N)c1N1Cc2ccccc2C1. The quantitative estimate of drug-likeness (QED) is 0.879. The summed E-state index contributed by atoms with van der Waals surface area (Å²) in [6, 6.07) is 8.55. The fraction of sp³-hybridized carbons (Fsp3) is 0.357. The maximum Gasteiger partial charge on any atom is 0.151 e. The van der Waals surface area contributed by atoms with E-state index in [0.29, 0.717) is 0 Å². The van der Waals surface area contributed by atoms with Gasteiger partial charge in [-0.15, -0.1) is 0 Å². The van der Waals surface area contributed by atoms with E-state index in [0.717, 1.165) is 36.8 Å². The van der Waals surface area contributed by atoms with Gasteiger partial charge in [-0.05, 0) is 25.0 Å². The number of nitrogen functional groups attached to an aromatic ring is 1. The first-order chi connectivity index (χ1) is 8.70. The van der Waals surface area contributed by atoms with Crippen LogP contribution >= 0.6 is 0 Å². The van der Waals surface area contributed by atoms with Gasteiger partial charge in [0.1, 0.15) is 0 Å². The Labute approximate surface area is 107 Å². The van der Waals surface area contributed by atoms with Crippen molar-refractivity contribution in [3.05, 3.63) is 41.1 Å². The average Bonchev–Trinajstić information content (AvgIpc) is 2.91. The molecule has 2 N–H and O–H groups in total. The normalized spacial score (nSPS) is 14.0. The van der Waals surface area contributed by atoms with Gasteiger partial charge in [0.05, 0.1) is 11.4 Å². The Bertz CT molecular complexity index is 560. The van der Waals surface area contributed by atoms with Crippen LogP contribution in [0, 0.1) is 6.92 Å². The predicted molar refractivity (Wildman–Crippen MR) is 73.4 cm³/mol. The lowest BCUT2D eigenvalue weighted by Gasteiger charge is -2.19. The molecular weight excluding hydrogens is 224 g/mol. The Morgan fingerprint density at radius 2 is 1.83 bits per heavy atom. The molecule has 1 aromatic carbocycles. The standard InChI is InChI=1S/C14H18N4/c1-3-18-14(13(15)10(2)16-18)17-8-11-6-4-5-7-12(11)9-17/h4-7H,3,8-9,15H2,1-2H3. The largest absolute Gasteiger partial charge is 0.394 e. The summed E-state index contributed by atoms with van der Waals surface area (Å²) in [6.45, 7) is 6.75. The van der Waals surface area contributed by atoms with E-state index < -0.39 is 0 Å². The third-order valence-corrected chi connectivity index (χ3v) is 3.59. The average molecular weight is 242 g/mol. The molecule has 0 saturated carbocycles. The summed E-state index contributed by atoms with van der Waals surface area (Å²) >= 11 is 0. The number of nitrogens with two attached hydrogens (primary N) is 1. The van der Waals surface area contributed by atoms with Gasteiger partial charge in [0.2, 0.25) is 0 Å². The van der Waals surface area contributed by atoms with Gasteiger partial charge >= 0.3 is 0 Å². The highest BCUT2D eigenvalue weighted by Crippen LogP contribution is 2.33. The summed E-state index contributed by atoms with van der Waals surface area (Å²) in [5.74, 6) is 1.06. The van der Waals surface area contributed by atoms with Gasteiger partial charge in [0.15, 0.2) is 5.82 Å². The predicted octanol–water partition coefficient (Wildman–Crippen LogP) is 2.31. The van der Waals surface area contributed by atoms with Crippen molar-refractivity contribution in [1.29, 1.82) is 0 Å². The van der Waals surface area contributed by atoms with E-state index in [4.69, 9.17) is 5.73 Å². The molecule has 0 bridgehead atoms. The fourth-order valence-electron chi connectivity index (χ4n) is 2.62. The zero-order valence-electron chi connectivity index (χ0n) is 10.8. The van der Waals surface area contributed by atoms with Crippen molar-refractivity contribution in [2.75, 3.05) is 10.6 Å². The first-order valence-corrected chi connectivity index (χ1v) is 6.35. The second kappa shape index (κ2) is 4.05. The Kier molecular flexibility index (Phi) is 2.51. The maximum atomic E-state index is 6.17. The van der Waals surface area contributed by atoms with Crippen molar-refractivity contribution in [2.45, 2.75) is 33.5 Å². The van der Waals surface area contributed by atoms with E-state index in [2.05, 4.69) is 41.2 Å². The van der Waals surface area contributed by atoms with Crippen molar-refractivity contribution in [2.24, 2.45) is 0 Å². The maximum absolute atomic E-state index is 6.17. The third kappa shape index (κ3) is 1.56. The molecule has 0 amide bonds. The topological polar surface area (TPSA) is 47.1 Å². The number of nitrogens with zero attached hydrogens (tertiary/aromatic N) is 3. The summed E-state index contributed by atoms with van der Waals surface area (Å²) in [5.41, 5.74) is 10.7. The van der Waals surface area contributed by atoms with Gasteiger partial charge in [-0.25, -0.2) is 4.68 Å². The molecule has 0 saturated heterocycles. The van der Waals surface area contributed by atoms with E-state index in [1.807, 2.05) is 11.6 Å². The smallest absolute Gasteiger partial charge is 0.151 e. The highest BCUT2D eigenvalue weighted by molar-refractivity contribution is 5.67. The molecule has 1 aromatic heterocycles. The number of aryl methyl sites for hydroxylation is 2. The molecule has 2 heterocycles. The minimum Gasteiger partial charge on any atom is -0.394 e. The monoisotopic (exact) mass is 242 g/mol. The van der Waals surface area contributed by atoms with Crippen LogP contribution in [0.3, 0.4) is 0 Å². The van der Waals surface area contributed by atoms with Crippen LogP contribution in [0.25, 0.3) is 0 Å². The molecule has 1 aliphatic heterocycles. The van der Waals surface area contributed by atoms with Crippen LogP contribution in [-0.2, 0) is 19.6 Å². The molecule has 0 spiro atoms. The van der Waals surface area contributed by atoms with Crippen LogP contribution in [0.15, 0.2) is 24.3 Å². The second-order valence-electron chi connectivity index (χ2n) is 4.76. The fourth-order valence-corrected chi connectivity index (χ4v) is 2.62. The Morgan fingerprint density at radius 3 is 2.39 bits per heavy atom. The molecule has 0 fully saturated rings. The molecule has 0 unspecified atom stereocenters. The van der Waals surface area contributed by atoms with Gasteiger partial charge < -0.3 is 10.6 Å². The lowest BCUT2D eigenvalue weighted by atomic mass is 10.1. The number of fused-ring (bicyclic) bond motifs is 1. The van der Waals surface area contributed by atoms with E-state index in [9.17, 15) is 0 Å². The Morgan fingerprint density at radius 1 is 1.22 bits per heavy atom. The summed E-state index contributed by atoms with van der Waals surface area (Å²) in [5, 5.41) is 4.49. The van der Waals surface area contributed by atoms with Crippen LogP contribution in [0.4, 0.5) is 11.5 Å². The minimum absolute atomic E-state index is 0.810. The summed E-state index contributed by atoms with van der Waals surface area (Å²) in [7, 11) is 0. The number of aromatic nitrogens is 2. The molecule has 0 aliphatic carbocycles. The third-order valence-electron chi connectivity index (χ3n) is 3.59. The van der Waals surface area contributed by atoms with Crippen molar-refractivity contribution in [3.63, 3.8) is 0 Å². The van der Waals surface area contributed by atoms with Gasteiger partial charge in [-0.1, -0.05) is 24.3 Å². The van der Waals surface area contributed by atoms with Gasteiger partial charge in [-0.2, -0.15) is 5.10 Å². The lowest BCUT2D eigenvalue weighted by Crippen LogP contribution is -2.20. The number of hydrogen-bond donors (Lipinski definition) is 1. The van der Waals surface area contributed by atoms with E-state index in [1.165, 1.54) is 11.1 Å². The van der Waals surface area contributed by atoms with Gasteiger partial charge in [-0.3, -0.25) is 0 Å². The number of rotatable bonds is 2. The first kappa shape index (κ1) is 11.1. The van der Waals surface area contributed by atoms with Gasteiger partial charge in [0, 0.05) is 19.6 Å². The van der Waals surface area contributed by atoms with Crippen molar-refractivity contribution >= 4 is 11.5 Å². The highest BCUT2D eigenvalue weighted by Gasteiger charge is 2.24. The molecule has 3 rings (SSSR count). The molecule has 4 heteroatoms. The van der Waals surface area contributed by atoms with Crippen LogP contribution in [0.2, 0.25) is 0 Å². The summed E-state index contributed by atoms with van der Waals surface area (Å²) in [4.78, 5) is 2.31. The van der Waals surface area contributed by atoms with E-state index in [1.54, 1.807) is 0 Å². The zero-order valence-corrected chi connectivity index (χ0v) is 10.8. The molecule has 0 radical (unpaired) electrons. The van der Waals surface area contributed by atoms with Crippen molar-refractivity contribution < 1.29 is 0 Å². The summed E-state index contributed by atoms with van der Waals surface area (Å²) in [6.07, 6.45) is 0. The molecule has 18 heavy (non-hydrogen) atoms. The first-order valence-electron chi connectivity index (χ1n) is 6.35. The summed E-state index contributed by atoms with van der Waals surface area (Å²) < 4.78 is 2.00. The van der Waals surface area contributed by atoms with E-state index >= 15 is 0 Å². The van der Waals surface area contributed by atoms with Gasteiger partial charge in [0.25, 0.3) is 0 Å². The van der Waals surface area contributed by atoms with Crippen molar-refractivity contribution in [1.82, 2.24) is 9.78 Å². The molecule has 94 valence electrons. The van der Waals surface area contributed by atoms with Crippen LogP contribution < -0.4 is 10.6 Å².